The maximum Gasteiger partial charge on any atom is 0.222 e. The van der Waals surface area contributed by atoms with Crippen LogP contribution in [0.4, 0.5) is 0 Å². The molecule has 1 aromatic carbocycles. The summed E-state index contributed by atoms with van der Waals surface area (Å²) < 4.78 is 11.3. The lowest BCUT2D eigenvalue weighted by molar-refractivity contribution is -0.130. The van der Waals surface area contributed by atoms with Gasteiger partial charge in [0.2, 0.25) is 5.91 Å². The van der Waals surface area contributed by atoms with Gasteiger partial charge in [-0.1, -0.05) is 18.2 Å². The minimum atomic E-state index is -0.728. The number of hydrogen-bond donors (Lipinski definition) is 1. The van der Waals surface area contributed by atoms with Crippen LogP contribution in [0.2, 0.25) is 0 Å². The first-order chi connectivity index (χ1) is 9.74. The zero-order valence-electron chi connectivity index (χ0n) is 11.3. The van der Waals surface area contributed by atoms with Crippen molar-refractivity contribution in [3.8, 4) is 0 Å². The smallest absolute Gasteiger partial charge is 0.222 e. The van der Waals surface area contributed by atoms with Crippen molar-refractivity contribution in [3.05, 3.63) is 36.0 Å². The molecule has 0 spiro atoms. The summed E-state index contributed by atoms with van der Waals surface area (Å²) in [5.74, 6) is 1.42. The van der Waals surface area contributed by atoms with Gasteiger partial charge in [0.05, 0.1) is 0 Å². The molecule has 1 aromatic heterocycles. The molecule has 0 saturated carbocycles. The fourth-order valence-corrected chi connectivity index (χ4v) is 3.68. The quantitative estimate of drug-likeness (QED) is 0.935. The lowest BCUT2D eigenvalue weighted by Gasteiger charge is -2.26. The maximum atomic E-state index is 12.2. The van der Waals surface area contributed by atoms with Crippen molar-refractivity contribution in [2.45, 2.75) is 12.8 Å². The summed E-state index contributed by atoms with van der Waals surface area (Å²) in [6, 6.07) is 8.14. The Morgan fingerprint density at radius 3 is 2.80 bits per heavy atom. The Morgan fingerprint density at radius 1 is 1.25 bits per heavy atom. The summed E-state index contributed by atoms with van der Waals surface area (Å²) in [6.07, 6.45) is 3.26. The molecule has 1 N–H and O–H groups in total. The average molecular weight is 290 g/mol. The van der Waals surface area contributed by atoms with Gasteiger partial charge in [0.15, 0.2) is 0 Å². The Bertz CT molecular complexity index is 640. The summed E-state index contributed by atoms with van der Waals surface area (Å²) in [7, 11) is -0.728. The standard InChI is InChI=1S/C15H18N2O2S/c18-15(17-7-9-20(19)10-8-17)6-5-12-11-16-14-4-2-1-3-13(12)14/h1-4,11,16H,5-10H2. The van der Waals surface area contributed by atoms with Crippen molar-refractivity contribution in [2.75, 3.05) is 24.6 Å². The number of H-pyrrole nitrogens is 1. The van der Waals surface area contributed by atoms with Crippen molar-refractivity contribution >= 4 is 27.6 Å². The van der Waals surface area contributed by atoms with E-state index in [4.69, 9.17) is 0 Å². The predicted molar refractivity (Wildman–Crippen MR) is 81.1 cm³/mol. The summed E-state index contributed by atoms with van der Waals surface area (Å²) in [5, 5.41) is 1.19. The largest absolute Gasteiger partial charge is 0.361 e. The number of fused-ring (bicyclic) bond motifs is 1. The number of carbonyl (C=O) groups is 1. The molecule has 3 rings (SSSR count). The van der Waals surface area contributed by atoms with Crippen LogP contribution in [0, 0.1) is 0 Å². The molecule has 0 radical (unpaired) electrons. The van der Waals surface area contributed by atoms with Gasteiger partial charge in [-0.25, -0.2) is 0 Å². The molecule has 1 aliphatic rings. The predicted octanol–water partition coefficient (Wildman–Crippen LogP) is 1.69. The fourth-order valence-electron chi connectivity index (χ4n) is 2.63. The van der Waals surface area contributed by atoms with Crippen LogP contribution < -0.4 is 0 Å². The van der Waals surface area contributed by atoms with E-state index >= 15 is 0 Å². The van der Waals surface area contributed by atoms with Crippen LogP contribution in [0.25, 0.3) is 10.9 Å². The second kappa shape index (κ2) is 5.79. The van der Waals surface area contributed by atoms with E-state index in [1.807, 2.05) is 29.3 Å². The third-order valence-electron chi connectivity index (χ3n) is 3.81. The highest BCUT2D eigenvalue weighted by Gasteiger charge is 2.19. The third kappa shape index (κ3) is 2.77. The number of rotatable bonds is 3. The van der Waals surface area contributed by atoms with Gasteiger partial charge in [-0.05, 0) is 18.1 Å². The average Bonchev–Trinajstić information content (AvgIpc) is 2.89. The maximum absolute atomic E-state index is 12.2. The number of hydrogen-bond acceptors (Lipinski definition) is 2. The zero-order valence-corrected chi connectivity index (χ0v) is 12.1. The van der Waals surface area contributed by atoms with E-state index in [0.29, 0.717) is 31.0 Å². The van der Waals surface area contributed by atoms with Crippen LogP contribution in [-0.4, -0.2) is 44.6 Å². The molecule has 5 heteroatoms. The topological polar surface area (TPSA) is 53.2 Å². The highest BCUT2D eigenvalue weighted by atomic mass is 32.2. The number of aromatic nitrogens is 1. The molecule has 0 bridgehead atoms. The van der Waals surface area contributed by atoms with Gasteiger partial charge in [-0.2, -0.15) is 0 Å². The van der Waals surface area contributed by atoms with Crippen molar-refractivity contribution in [3.63, 3.8) is 0 Å². The number of aryl methyl sites for hydroxylation is 1. The van der Waals surface area contributed by atoms with Crippen LogP contribution in [0.15, 0.2) is 30.5 Å². The Hall–Kier alpha value is -1.62. The van der Waals surface area contributed by atoms with E-state index in [1.54, 1.807) is 0 Å². The molecule has 1 aliphatic heterocycles. The number of nitrogens with zero attached hydrogens (tertiary/aromatic N) is 1. The summed E-state index contributed by atoms with van der Waals surface area (Å²) in [6.45, 7) is 1.28. The number of carbonyl (C=O) groups excluding carboxylic acids is 1. The van der Waals surface area contributed by atoms with Crippen LogP contribution >= 0.6 is 0 Å². The highest BCUT2D eigenvalue weighted by molar-refractivity contribution is 7.85. The minimum Gasteiger partial charge on any atom is -0.361 e. The molecule has 2 heterocycles. The highest BCUT2D eigenvalue weighted by Crippen LogP contribution is 2.19. The summed E-state index contributed by atoms with van der Waals surface area (Å²) in [5.41, 5.74) is 2.30. The first-order valence-electron chi connectivity index (χ1n) is 6.92. The van der Waals surface area contributed by atoms with Crippen molar-refractivity contribution in [1.29, 1.82) is 0 Å². The Balaban J connectivity index is 1.61. The molecular weight excluding hydrogens is 272 g/mol. The van der Waals surface area contributed by atoms with E-state index < -0.39 is 10.8 Å². The van der Waals surface area contributed by atoms with Crippen LogP contribution in [0.5, 0.6) is 0 Å². The number of aromatic amines is 1. The van der Waals surface area contributed by atoms with Crippen molar-refractivity contribution in [1.82, 2.24) is 9.88 Å². The lowest BCUT2D eigenvalue weighted by Crippen LogP contribution is -2.41. The number of benzene rings is 1. The second-order valence-corrected chi connectivity index (χ2v) is 6.78. The van der Waals surface area contributed by atoms with Gasteiger partial charge in [0.1, 0.15) is 0 Å². The first-order valence-corrected chi connectivity index (χ1v) is 8.40. The summed E-state index contributed by atoms with van der Waals surface area (Å²) >= 11 is 0. The molecule has 106 valence electrons. The Labute approximate surface area is 120 Å². The van der Waals surface area contributed by atoms with Gasteiger partial charge in [-0.3, -0.25) is 9.00 Å². The molecule has 0 unspecified atom stereocenters. The first kappa shape index (κ1) is 13.4. The number of para-hydroxylation sites is 1. The van der Waals surface area contributed by atoms with E-state index in [1.165, 1.54) is 10.9 Å². The van der Waals surface area contributed by atoms with Crippen LogP contribution in [-0.2, 0) is 22.0 Å². The fraction of sp³-hybridized carbons (Fsp3) is 0.400. The molecule has 4 nitrogen and oxygen atoms in total. The van der Waals surface area contributed by atoms with E-state index in [9.17, 15) is 9.00 Å². The van der Waals surface area contributed by atoms with Crippen LogP contribution in [0.3, 0.4) is 0 Å². The van der Waals surface area contributed by atoms with Crippen molar-refractivity contribution < 1.29 is 9.00 Å². The molecule has 20 heavy (non-hydrogen) atoms. The molecule has 0 atom stereocenters. The van der Waals surface area contributed by atoms with E-state index in [0.717, 1.165) is 11.9 Å². The second-order valence-electron chi connectivity index (χ2n) is 5.09. The van der Waals surface area contributed by atoms with Crippen LogP contribution in [0.1, 0.15) is 12.0 Å². The SMILES string of the molecule is O=C(CCc1c[nH]c2ccccc12)N1CCS(=O)CC1. The Kier molecular flexibility index (Phi) is 3.87. The lowest BCUT2D eigenvalue weighted by atomic mass is 10.1. The number of amides is 1. The molecule has 0 aliphatic carbocycles. The summed E-state index contributed by atoms with van der Waals surface area (Å²) in [4.78, 5) is 17.2. The third-order valence-corrected chi connectivity index (χ3v) is 5.09. The normalized spacial score (nSPS) is 16.7. The van der Waals surface area contributed by atoms with Gasteiger partial charge in [0.25, 0.3) is 0 Å². The molecule has 1 saturated heterocycles. The van der Waals surface area contributed by atoms with Gasteiger partial charge < -0.3 is 9.88 Å². The van der Waals surface area contributed by atoms with Gasteiger partial charge >= 0.3 is 0 Å². The molecule has 1 fully saturated rings. The van der Waals surface area contributed by atoms with E-state index in [-0.39, 0.29) is 5.91 Å². The van der Waals surface area contributed by atoms with Gasteiger partial charge in [0, 0.05) is 58.9 Å². The number of nitrogens with one attached hydrogen (secondary N) is 1. The minimum absolute atomic E-state index is 0.173. The molecule has 1 amide bonds. The van der Waals surface area contributed by atoms with Gasteiger partial charge in [-0.15, -0.1) is 0 Å². The van der Waals surface area contributed by atoms with E-state index in [2.05, 4.69) is 11.1 Å². The van der Waals surface area contributed by atoms with Crippen molar-refractivity contribution in [2.24, 2.45) is 0 Å². The molecule has 2 aromatic rings. The Morgan fingerprint density at radius 2 is 2.00 bits per heavy atom. The monoisotopic (exact) mass is 290 g/mol. The molecular formula is C15H18N2O2S. The zero-order chi connectivity index (χ0) is 13.9.